The van der Waals surface area contributed by atoms with E-state index in [9.17, 15) is 18.4 Å². The van der Waals surface area contributed by atoms with Crippen LogP contribution in [0.5, 0.6) is 11.5 Å². The summed E-state index contributed by atoms with van der Waals surface area (Å²) in [7, 11) is 3.02. The third-order valence-electron chi connectivity index (χ3n) is 4.17. The number of amides is 3. The summed E-state index contributed by atoms with van der Waals surface area (Å²) >= 11 is 0. The van der Waals surface area contributed by atoms with Crippen molar-refractivity contribution in [2.75, 3.05) is 20.7 Å². The Bertz CT molecular complexity index is 834. The van der Waals surface area contributed by atoms with Gasteiger partial charge in [-0.2, -0.15) is 8.78 Å². The van der Waals surface area contributed by atoms with Gasteiger partial charge in [0.15, 0.2) is 11.5 Å². The van der Waals surface area contributed by atoms with Gasteiger partial charge >= 0.3 is 12.6 Å². The number of halogens is 2. The van der Waals surface area contributed by atoms with Crippen LogP contribution in [-0.4, -0.2) is 44.2 Å². The Labute approximate surface area is 174 Å². The van der Waals surface area contributed by atoms with Gasteiger partial charge in [0.25, 0.3) is 0 Å². The summed E-state index contributed by atoms with van der Waals surface area (Å²) in [6.45, 7) is -2.11. The van der Waals surface area contributed by atoms with Crippen LogP contribution in [0.25, 0.3) is 0 Å². The molecule has 0 aliphatic heterocycles. The fraction of sp³-hybridized carbons (Fsp3) is 0.333. The van der Waals surface area contributed by atoms with Gasteiger partial charge in [-0.1, -0.05) is 36.4 Å². The van der Waals surface area contributed by atoms with Gasteiger partial charge < -0.3 is 25.0 Å². The molecule has 0 aliphatic carbocycles. The Hall–Kier alpha value is -3.36. The van der Waals surface area contributed by atoms with Gasteiger partial charge in [0.05, 0.1) is 7.11 Å². The van der Waals surface area contributed by atoms with Gasteiger partial charge in [-0.25, -0.2) is 4.79 Å². The fourth-order valence-corrected chi connectivity index (χ4v) is 2.65. The molecule has 0 radical (unpaired) electrons. The molecule has 2 rings (SSSR count). The van der Waals surface area contributed by atoms with Crippen LogP contribution in [0.3, 0.4) is 0 Å². The maximum atomic E-state index is 12.4. The van der Waals surface area contributed by atoms with E-state index in [-0.39, 0.29) is 42.9 Å². The van der Waals surface area contributed by atoms with Crippen molar-refractivity contribution in [2.45, 2.75) is 26.1 Å². The molecule has 2 aromatic rings. The van der Waals surface area contributed by atoms with Gasteiger partial charge in [0, 0.05) is 33.1 Å². The van der Waals surface area contributed by atoms with Crippen molar-refractivity contribution in [2.24, 2.45) is 0 Å². The lowest BCUT2D eigenvalue weighted by Crippen LogP contribution is -2.38. The van der Waals surface area contributed by atoms with Gasteiger partial charge in [-0.3, -0.25) is 4.79 Å². The Morgan fingerprint density at radius 3 is 2.43 bits per heavy atom. The van der Waals surface area contributed by atoms with E-state index in [0.29, 0.717) is 12.1 Å². The zero-order valence-corrected chi connectivity index (χ0v) is 16.9. The first kappa shape index (κ1) is 22.9. The van der Waals surface area contributed by atoms with Gasteiger partial charge in [0.1, 0.15) is 0 Å². The predicted octanol–water partition coefficient (Wildman–Crippen LogP) is 3.14. The molecule has 9 heteroatoms. The van der Waals surface area contributed by atoms with E-state index < -0.39 is 6.61 Å². The van der Waals surface area contributed by atoms with Crippen molar-refractivity contribution in [3.05, 3.63) is 59.7 Å². The van der Waals surface area contributed by atoms with Gasteiger partial charge in [0.2, 0.25) is 5.91 Å². The number of rotatable bonds is 10. The summed E-state index contributed by atoms with van der Waals surface area (Å²) in [4.78, 5) is 25.6. The largest absolute Gasteiger partial charge is 0.493 e. The summed E-state index contributed by atoms with van der Waals surface area (Å²) in [6.07, 6.45) is 0.106. The molecule has 30 heavy (non-hydrogen) atoms. The predicted molar refractivity (Wildman–Crippen MR) is 107 cm³/mol. The lowest BCUT2D eigenvalue weighted by atomic mass is 10.2. The minimum atomic E-state index is -2.95. The van der Waals surface area contributed by atoms with Crippen LogP contribution in [0, 0.1) is 0 Å². The summed E-state index contributed by atoms with van der Waals surface area (Å²) in [5.74, 6) is -0.187. The number of nitrogens with zero attached hydrogens (tertiary/aromatic N) is 1. The second-order valence-electron chi connectivity index (χ2n) is 6.46. The van der Waals surface area contributed by atoms with Gasteiger partial charge in [-0.05, 0) is 23.3 Å². The van der Waals surface area contributed by atoms with E-state index >= 15 is 0 Å². The smallest absolute Gasteiger partial charge is 0.387 e. The second kappa shape index (κ2) is 11.6. The number of carbonyl (C=O) groups is 2. The number of ether oxygens (including phenoxy) is 2. The molecule has 3 amide bonds. The molecule has 0 heterocycles. The molecule has 0 saturated heterocycles. The van der Waals surface area contributed by atoms with Crippen molar-refractivity contribution in [3.63, 3.8) is 0 Å². The van der Waals surface area contributed by atoms with Crippen LogP contribution in [0.4, 0.5) is 13.6 Å². The molecule has 0 bridgehead atoms. The van der Waals surface area contributed by atoms with Crippen molar-refractivity contribution in [1.82, 2.24) is 15.5 Å². The number of nitrogens with one attached hydrogen (secondary N) is 2. The van der Waals surface area contributed by atoms with Crippen LogP contribution in [0.15, 0.2) is 48.5 Å². The van der Waals surface area contributed by atoms with Crippen LogP contribution < -0.4 is 20.1 Å². The summed E-state index contributed by atoms with van der Waals surface area (Å²) in [5, 5.41) is 5.40. The van der Waals surface area contributed by atoms with Crippen molar-refractivity contribution in [1.29, 1.82) is 0 Å². The summed E-state index contributed by atoms with van der Waals surface area (Å²) < 4.78 is 34.1. The Balaban J connectivity index is 1.72. The number of benzene rings is 2. The molecular weight excluding hydrogens is 396 g/mol. The fourth-order valence-electron chi connectivity index (χ4n) is 2.65. The van der Waals surface area contributed by atoms with Crippen LogP contribution in [0.2, 0.25) is 0 Å². The second-order valence-corrected chi connectivity index (χ2v) is 6.46. The quantitative estimate of drug-likeness (QED) is 0.618. The number of methoxy groups -OCH3 is 1. The van der Waals surface area contributed by atoms with Crippen molar-refractivity contribution < 1.29 is 27.8 Å². The first-order valence-electron chi connectivity index (χ1n) is 9.30. The highest BCUT2D eigenvalue weighted by molar-refractivity contribution is 5.78. The van der Waals surface area contributed by atoms with Crippen LogP contribution in [0.1, 0.15) is 17.5 Å². The molecule has 0 unspecified atom stereocenters. The molecule has 0 fully saturated rings. The molecule has 0 aromatic heterocycles. The third kappa shape index (κ3) is 7.57. The average Bonchev–Trinajstić information content (AvgIpc) is 2.73. The lowest BCUT2D eigenvalue weighted by Gasteiger charge is -2.18. The Kier molecular flexibility index (Phi) is 8.86. The highest BCUT2D eigenvalue weighted by Gasteiger charge is 2.12. The van der Waals surface area contributed by atoms with Crippen molar-refractivity contribution in [3.8, 4) is 11.5 Å². The molecule has 7 nitrogen and oxygen atoms in total. The molecule has 0 spiro atoms. The third-order valence-corrected chi connectivity index (χ3v) is 4.17. The molecule has 0 saturated carbocycles. The minimum Gasteiger partial charge on any atom is -0.493 e. The van der Waals surface area contributed by atoms with E-state index in [0.717, 1.165) is 5.56 Å². The molecule has 2 N–H and O–H groups in total. The monoisotopic (exact) mass is 421 g/mol. The van der Waals surface area contributed by atoms with Gasteiger partial charge in [-0.15, -0.1) is 0 Å². The topological polar surface area (TPSA) is 79.9 Å². The number of hydrogen-bond donors (Lipinski definition) is 2. The molecule has 0 atom stereocenters. The molecule has 2 aromatic carbocycles. The van der Waals surface area contributed by atoms with Crippen molar-refractivity contribution >= 4 is 11.9 Å². The van der Waals surface area contributed by atoms with E-state index in [1.807, 2.05) is 30.3 Å². The van der Waals surface area contributed by atoms with E-state index in [2.05, 4.69) is 15.4 Å². The number of alkyl halides is 2. The van der Waals surface area contributed by atoms with E-state index in [1.165, 1.54) is 24.1 Å². The van der Waals surface area contributed by atoms with Crippen LogP contribution in [-0.2, 0) is 17.9 Å². The molecule has 0 aliphatic rings. The standard InChI is InChI=1S/C21H25F2N3O4/c1-26(14-15-6-4-3-5-7-15)21(28)24-11-10-19(27)25-13-16-8-9-17(30-20(22)23)18(12-16)29-2/h3-9,12,20H,10-11,13-14H2,1-2H3,(H,24,28)(H,25,27). The number of urea groups is 1. The van der Waals surface area contributed by atoms with Crippen LogP contribution >= 0.6 is 0 Å². The summed E-state index contributed by atoms with van der Waals surface area (Å²) in [6, 6.07) is 13.7. The normalized spacial score (nSPS) is 10.4. The number of hydrogen-bond acceptors (Lipinski definition) is 4. The van der Waals surface area contributed by atoms with E-state index in [1.54, 1.807) is 13.1 Å². The Morgan fingerprint density at radius 2 is 1.77 bits per heavy atom. The maximum absolute atomic E-state index is 12.4. The summed E-state index contributed by atoms with van der Waals surface area (Å²) in [5.41, 5.74) is 1.67. The zero-order chi connectivity index (χ0) is 21.9. The highest BCUT2D eigenvalue weighted by atomic mass is 19.3. The lowest BCUT2D eigenvalue weighted by molar-refractivity contribution is -0.121. The minimum absolute atomic E-state index is 0.0788. The maximum Gasteiger partial charge on any atom is 0.387 e. The first-order chi connectivity index (χ1) is 14.4. The van der Waals surface area contributed by atoms with E-state index in [4.69, 9.17) is 4.74 Å². The Morgan fingerprint density at radius 1 is 1.03 bits per heavy atom. The molecule has 162 valence electrons. The first-order valence-corrected chi connectivity index (χ1v) is 9.30. The zero-order valence-electron chi connectivity index (χ0n) is 16.9. The SMILES string of the molecule is COc1cc(CNC(=O)CCNC(=O)N(C)Cc2ccccc2)ccc1OC(F)F. The number of carbonyl (C=O) groups excluding carboxylic acids is 2. The molecular formula is C21H25F2N3O4. The average molecular weight is 421 g/mol. The highest BCUT2D eigenvalue weighted by Crippen LogP contribution is 2.29.